The molecule has 0 aromatic rings. The van der Waals surface area contributed by atoms with Crippen LogP contribution in [0.2, 0.25) is 0 Å². The van der Waals surface area contributed by atoms with Gasteiger partial charge in [0.25, 0.3) is 0 Å². The molecular weight excluding hydrogens is 447 g/mol. The molecule has 0 heterocycles. The van der Waals surface area contributed by atoms with Crippen molar-refractivity contribution in [1.82, 2.24) is 15.5 Å². The molecule has 0 amide bonds. The zero-order chi connectivity index (χ0) is 17.9. The number of nitrogens with zero attached hydrogens (tertiary/aromatic N) is 2. The molecule has 7 heteroatoms. The smallest absolute Gasteiger partial charge is 0.191 e. The Morgan fingerprint density at radius 3 is 2.64 bits per heavy atom. The Balaban J connectivity index is 0.00000576. The van der Waals surface area contributed by atoms with Gasteiger partial charge in [0, 0.05) is 47.0 Å². The van der Waals surface area contributed by atoms with Crippen LogP contribution in [0.4, 0.5) is 0 Å². The van der Waals surface area contributed by atoms with Crippen LogP contribution in [0.3, 0.4) is 0 Å². The predicted molar refractivity (Wildman–Crippen MR) is 122 cm³/mol. The Labute approximate surface area is 174 Å². The molecule has 4 unspecified atom stereocenters. The van der Waals surface area contributed by atoms with Crippen LogP contribution in [0.25, 0.3) is 0 Å². The summed E-state index contributed by atoms with van der Waals surface area (Å²) in [6.45, 7) is 11.2. The molecular formula is C18H39IN4OS. The van der Waals surface area contributed by atoms with Gasteiger partial charge >= 0.3 is 0 Å². The first-order chi connectivity index (χ1) is 11.5. The van der Waals surface area contributed by atoms with Gasteiger partial charge in [0.2, 0.25) is 0 Å². The monoisotopic (exact) mass is 486 g/mol. The van der Waals surface area contributed by atoms with Crippen molar-refractivity contribution >= 4 is 40.7 Å². The summed E-state index contributed by atoms with van der Waals surface area (Å²) in [5.41, 5.74) is 0. The van der Waals surface area contributed by atoms with Gasteiger partial charge in [0.05, 0.1) is 6.54 Å². The van der Waals surface area contributed by atoms with E-state index in [0.717, 1.165) is 63.5 Å². The van der Waals surface area contributed by atoms with Crippen molar-refractivity contribution in [2.24, 2.45) is 4.99 Å². The maximum absolute atomic E-state index is 12.1. The Morgan fingerprint density at radius 2 is 2.04 bits per heavy atom. The van der Waals surface area contributed by atoms with Gasteiger partial charge in [-0.15, -0.1) is 24.0 Å². The maximum Gasteiger partial charge on any atom is 0.191 e. The fourth-order valence-electron chi connectivity index (χ4n) is 3.12. The topological polar surface area (TPSA) is 56.7 Å². The molecule has 0 radical (unpaired) electrons. The third kappa shape index (κ3) is 9.56. The molecule has 2 N–H and O–H groups in total. The first-order valence-electron chi connectivity index (χ1n) is 9.63. The van der Waals surface area contributed by atoms with Crippen molar-refractivity contribution in [3.63, 3.8) is 0 Å². The summed E-state index contributed by atoms with van der Waals surface area (Å²) in [6.07, 6.45) is 5.57. The quantitative estimate of drug-likeness (QED) is 0.299. The highest BCUT2D eigenvalue weighted by molar-refractivity contribution is 14.0. The highest BCUT2D eigenvalue weighted by Crippen LogP contribution is 2.22. The molecule has 0 bridgehead atoms. The van der Waals surface area contributed by atoms with Crippen LogP contribution >= 0.6 is 24.0 Å². The van der Waals surface area contributed by atoms with Crippen LogP contribution in [0.5, 0.6) is 0 Å². The molecule has 1 fully saturated rings. The van der Waals surface area contributed by atoms with E-state index in [2.05, 4.69) is 43.4 Å². The van der Waals surface area contributed by atoms with E-state index in [9.17, 15) is 4.21 Å². The highest BCUT2D eigenvalue weighted by Gasteiger charge is 2.26. The number of rotatable bonds is 9. The summed E-state index contributed by atoms with van der Waals surface area (Å²) < 4.78 is 12.1. The summed E-state index contributed by atoms with van der Waals surface area (Å²) >= 11 is 0. The van der Waals surface area contributed by atoms with Crippen LogP contribution in [0.15, 0.2) is 4.99 Å². The van der Waals surface area contributed by atoms with Crippen molar-refractivity contribution in [3.05, 3.63) is 0 Å². The molecule has 4 atom stereocenters. The number of guanidine groups is 1. The Kier molecular flexibility index (Phi) is 14.3. The van der Waals surface area contributed by atoms with Crippen molar-refractivity contribution in [2.45, 2.75) is 77.1 Å². The highest BCUT2D eigenvalue weighted by atomic mass is 127. The lowest BCUT2D eigenvalue weighted by Gasteiger charge is -2.30. The summed E-state index contributed by atoms with van der Waals surface area (Å²) in [5.74, 6) is 1.68. The van der Waals surface area contributed by atoms with Crippen molar-refractivity contribution in [3.8, 4) is 0 Å². The molecule has 0 spiro atoms. The first-order valence-corrected chi connectivity index (χ1v) is 11.0. The van der Waals surface area contributed by atoms with Gasteiger partial charge in [-0.2, -0.15) is 0 Å². The van der Waals surface area contributed by atoms with E-state index >= 15 is 0 Å². The number of hydrogen-bond acceptors (Lipinski definition) is 3. The molecule has 25 heavy (non-hydrogen) atoms. The second-order valence-corrected chi connectivity index (χ2v) is 8.80. The lowest BCUT2D eigenvalue weighted by molar-refractivity contribution is 0.259. The zero-order valence-corrected chi connectivity index (χ0v) is 19.9. The first kappa shape index (κ1) is 25.1. The van der Waals surface area contributed by atoms with Gasteiger partial charge in [0.15, 0.2) is 5.96 Å². The zero-order valence-electron chi connectivity index (χ0n) is 16.7. The minimum atomic E-state index is -0.678. The van der Waals surface area contributed by atoms with Crippen LogP contribution in [-0.4, -0.2) is 64.8 Å². The van der Waals surface area contributed by atoms with Gasteiger partial charge in [-0.05, 0) is 46.6 Å². The van der Waals surface area contributed by atoms with Crippen molar-refractivity contribution in [1.29, 1.82) is 0 Å². The second-order valence-electron chi connectivity index (χ2n) is 6.80. The second kappa shape index (κ2) is 14.2. The minimum absolute atomic E-state index is 0. The van der Waals surface area contributed by atoms with Gasteiger partial charge in [-0.1, -0.05) is 20.3 Å². The number of hydrogen-bond donors (Lipinski definition) is 2. The third-order valence-corrected chi connectivity index (χ3v) is 6.77. The van der Waals surface area contributed by atoms with Crippen LogP contribution in [0, 0.1) is 0 Å². The Hall–Kier alpha value is 0.110. The van der Waals surface area contributed by atoms with E-state index in [4.69, 9.17) is 4.99 Å². The molecule has 150 valence electrons. The number of aliphatic imine (C=N–C) groups is 1. The SMILES string of the molecule is CCNC(=NCCN(C)C(C)CC)NC1CCCC(S(=O)CC)C1.I. The average molecular weight is 487 g/mol. The standard InChI is InChI=1S/C18H38N4OS.HI/c1-6-15(4)22(5)13-12-20-18(19-7-2)21-16-10-9-11-17(14-16)24(23)8-3;/h15-17H,6-14H2,1-5H3,(H2,19,20,21);1H. The molecule has 5 nitrogen and oxygen atoms in total. The van der Waals surface area contributed by atoms with Gasteiger partial charge in [-0.3, -0.25) is 9.20 Å². The van der Waals surface area contributed by atoms with Crippen LogP contribution in [0.1, 0.15) is 59.8 Å². The third-order valence-electron chi connectivity index (χ3n) is 5.03. The molecule has 1 rings (SSSR count). The number of nitrogens with one attached hydrogen (secondary N) is 2. The van der Waals surface area contributed by atoms with E-state index in [0.29, 0.717) is 17.3 Å². The molecule has 1 aliphatic carbocycles. The molecule has 1 saturated carbocycles. The van der Waals surface area contributed by atoms with Crippen LogP contribution in [-0.2, 0) is 10.8 Å². The van der Waals surface area contributed by atoms with Crippen molar-refractivity contribution in [2.75, 3.05) is 32.4 Å². The molecule has 0 saturated heterocycles. The lowest BCUT2D eigenvalue weighted by Crippen LogP contribution is -2.47. The summed E-state index contributed by atoms with van der Waals surface area (Å²) in [5, 5.41) is 7.27. The maximum atomic E-state index is 12.1. The van der Waals surface area contributed by atoms with E-state index < -0.39 is 10.8 Å². The minimum Gasteiger partial charge on any atom is -0.357 e. The summed E-state index contributed by atoms with van der Waals surface area (Å²) in [6, 6.07) is 0.989. The van der Waals surface area contributed by atoms with E-state index in [1.54, 1.807) is 0 Å². The van der Waals surface area contributed by atoms with Crippen LogP contribution < -0.4 is 10.6 Å². The molecule has 1 aliphatic rings. The fourth-order valence-corrected chi connectivity index (χ4v) is 4.46. The van der Waals surface area contributed by atoms with Gasteiger partial charge < -0.3 is 15.5 Å². The van der Waals surface area contributed by atoms with E-state index in [1.807, 2.05) is 6.92 Å². The van der Waals surface area contributed by atoms with E-state index in [1.165, 1.54) is 0 Å². The number of likely N-dealkylation sites (N-methyl/N-ethyl adjacent to an activating group) is 1. The largest absolute Gasteiger partial charge is 0.357 e. The normalized spacial score (nSPS) is 23.7. The summed E-state index contributed by atoms with van der Waals surface area (Å²) in [7, 11) is 1.48. The molecule has 0 aromatic heterocycles. The van der Waals surface area contributed by atoms with E-state index in [-0.39, 0.29) is 24.0 Å². The lowest BCUT2D eigenvalue weighted by atomic mass is 9.95. The van der Waals surface area contributed by atoms with Gasteiger partial charge in [-0.25, -0.2) is 0 Å². The molecule has 0 aliphatic heterocycles. The fraction of sp³-hybridized carbons (Fsp3) is 0.944. The number of halogens is 1. The average Bonchev–Trinajstić information content (AvgIpc) is 2.60. The predicted octanol–water partition coefficient (Wildman–Crippen LogP) is 2.97. The Bertz CT molecular complexity index is 409. The molecule has 0 aromatic carbocycles. The van der Waals surface area contributed by atoms with Gasteiger partial charge in [0.1, 0.15) is 0 Å². The Morgan fingerprint density at radius 1 is 1.32 bits per heavy atom. The summed E-state index contributed by atoms with van der Waals surface area (Å²) in [4.78, 5) is 7.09. The van der Waals surface area contributed by atoms with Crippen molar-refractivity contribution < 1.29 is 4.21 Å².